The molecule has 1 N–H and O–H groups in total. The first-order chi connectivity index (χ1) is 15.6. The van der Waals surface area contributed by atoms with E-state index in [4.69, 9.17) is 9.97 Å². The summed E-state index contributed by atoms with van der Waals surface area (Å²) >= 11 is 1.73. The molecule has 2 aliphatic rings. The number of nitrogens with one attached hydrogen (secondary N) is 1. The van der Waals surface area contributed by atoms with E-state index < -0.39 is 0 Å². The molecule has 1 atom stereocenters. The van der Waals surface area contributed by atoms with E-state index in [1.165, 1.54) is 5.56 Å². The number of fused-ring (bicyclic) bond motifs is 2. The summed E-state index contributed by atoms with van der Waals surface area (Å²) in [6, 6.07) is 11.4. The predicted octanol–water partition coefficient (Wildman–Crippen LogP) is 3.65. The van der Waals surface area contributed by atoms with Crippen molar-refractivity contribution in [2.45, 2.75) is 32.2 Å². The first-order valence-electron chi connectivity index (χ1n) is 11.2. The summed E-state index contributed by atoms with van der Waals surface area (Å²) in [5, 5.41) is 7.79. The molecular weight excluding hydrogens is 492 g/mol. The number of nitrogens with zero attached hydrogens (tertiary/aromatic N) is 4. The topological polar surface area (TPSA) is 44.3 Å². The lowest BCUT2D eigenvalue weighted by molar-refractivity contribution is 0.127. The van der Waals surface area contributed by atoms with Crippen molar-refractivity contribution in [3.8, 4) is 0 Å². The van der Waals surface area contributed by atoms with Gasteiger partial charge in [-0.3, -0.25) is 9.88 Å². The average molecular weight is 523 g/mol. The Morgan fingerprint density at radius 1 is 1.15 bits per heavy atom. The van der Waals surface area contributed by atoms with Gasteiger partial charge in [-0.1, -0.05) is 19.1 Å². The van der Waals surface area contributed by atoms with Gasteiger partial charge >= 0.3 is 0 Å². The smallest absolute Gasteiger partial charge is 0.124 e. The fourth-order valence-electron chi connectivity index (χ4n) is 4.51. The average Bonchev–Trinajstić information content (AvgIpc) is 3.16. The number of halogens is 3. The van der Waals surface area contributed by atoms with E-state index in [0.717, 1.165) is 70.9 Å². The van der Waals surface area contributed by atoms with Crippen LogP contribution in [0.5, 0.6) is 0 Å². The van der Waals surface area contributed by atoms with Crippen LogP contribution in [0.15, 0.2) is 42.6 Å². The van der Waals surface area contributed by atoms with Crippen LogP contribution in [-0.4, -0.2) is 52.5 Å². The Hall–Kier alpha value is -2.19. The van der Waals surface area contributed by atoms with Crippen molar-refractivity contribution in [1.29, 1.82) is 0 Å². The monoisotopic (exact) mass is 521 g/mol. The van der Waals surface area contributed by atoms with Crippen LogP contribution in [0.25, 0.3) is 11.9 Å². The zero-order chi connectivity index (χ0) is 22.1. The molecule has 1 saturated heterocycles. The molecule has 2 aromatic heterocycles. The fourth-order valence-corrected chi connectivity index (χ4v) is 5.38. The van der Waals surface area contributed by atoms with Crippen LogP contribution in [-0.2, 0) is 12.8 Å². The number of benzene rings is 1. The van der Waals surface area contributed by atoms with Gasteiger partial charge in [0.15, 0.2) is 0 Å². The molecule has 0 saturated carbocycles. The van der Waals surface area contributed by atoms with Crippen LogP contribution >= 0.6 is 36.2 Å². The van der Waals surface area contributed by atoms with Gasteiger partial charge in [0.2, 0.25) is 0 Å². The van der Waals surface area contributed by atoms with Crippen molar-refractivity contribution in [3.05, 3.63) is 75.2 Å². The van der Waals surface area contributed by atoms with E-state index in [0.29, 0.717) is 6.04 Å². The van der Waals surface area contributed by atoms with Gasteiger partial charge in [0.1, 0.15) is 16.5 Å². The summed E-state index contributed by atoms with van der Waals surface area (Å²) in [6.07, 6.45) is 6.80. The molecule has 0 spiro atoms. The lowest BCUT2D eigenvalue weighted by Gasteiger charge is -2.41. The second-order valence-corrected chi connectivity index (χ2v) is 9.55. The molecule has 34 heavy (non-hydrogen) atoms. The molecule has 0 aliphatic carbocycles. The second-order valence-electron chi connectivity index (χ2n) is 8.46. The highest BCUT2D eigenvalue weighted by molar-refractivity contribution is 7.16. The molecule has 1 aromatic carbocycles. The minimum atomic E-state index is -0.179. The number of aromatic nitrogens is 2. The number of hydrogen-bond acceptors (Lipinski definition) is 6. The van der Waals surface area contributed by atoms with Crippen molar-refractivity contribution >= 4 is 53.0 Å². The largest absolute Gasteiger partial charge is 0.365 e. The fraction of sp³-hybridized carbons (Fsp3) is 0.360. The Morgan fingerprint density at radius 3 is 2.71 bits per heavy atom. The van der Waals surface area contributed by atoms with Crippen LogP contribution in [0.3, 0.4) is 0 Å². The molecule has 4 heterocycles. The first kappa shape index (κ1) is 26.4. The number of piperazine rings is 1. The van der Waals surface area contributed by atoms with Gasteiger partial charge in [0.25, 0.3) is 0 Å². The molecular formula is C25H30Cl2FN5S. The first-order valence-corrected chi connectivity index (χ1v) is 12.1. The van der Waals surface area contributed by atoms with Crippen LogP contribution in [0.1, 0.15) is 29.6 Å². The molecule has 1 unspecified atom stereocenters. The molecule has 1 fully saturated rings. The van der Waals surface area contributed by atoms with Gasteiger partial charge in [-0.25, -0.2) is 9.37 Å². The summed E-state index contributed by atoms with van der Waals surface area (Å²) < 4.78 is 13.3. The lowest BCUT2D eigenvalue weighted by atomic mass is 10.0. The highest BCUT2D eigenvalue weighted by atomic mass is 35.5. The summed E-state index contributed by atoms with van der Waals surface area (Å²) in [6.45, 7) is 4.99. The Labute approximate surface area is 216 Å². The molecule has 5 nitrogen and oxygen atoms in total. The zero-order valence-electron chi connectivity index (χ0n) is 19.3. The SMILES string of the molecule is CCc1nc2c(s1)NC=c1cccnc1=C2N1CCN(C)C(CCc2ccc(F)cc2)C1.Cl.Cl. The molecule has 0 radical (unpaired) electrons. The van der Waals surface area contributed by atoms with Gasteiger partial charge in [0, 0.05) is 43.3 Å². The normalized spacial score (nSPS) is 17.3. The van der Waals surface area contributed by atoms with Crippen molar-refractivity contribution in [2.75, 3.05) is 32.0 Å². The van der Waals surface area contributed by atoms with Crippen molar-refractivity contribution in [1.82, 2.24) is 19.8 Å². The third-order valence-electron chi connectivity index (χ3n) is 6.39. The maximum Gasteiger partial charge on any atom is 0.124 e. The molecule has 2 aliphatic heterocycles. The Kier molecular flexibility index (Phi) is 8.93. The number of aryl methyl sites for hydroxylation is 2. The van der Waals surface area contributed by atoms with E-state index >= 15 is 0 Å². The minimum absolute atomic E-state index is 0. The highest BCUT2D eigenvalue weighted by Crippen LogP contribution is 2.32. The van der Waals surface area contributed by atoms with E-state index in [9.17, 15) is 4.39 Å². The number of hydrogen-bond donors (Lipinski definition) is 1. The molecule has 0 amide bonds. The van der Waals surface area contributed by atoms with E-state index in [-0.39, 0.29) is 30.6 Å². The number of pyridine rings is 1. The third-order valence-corrected chi connectivity index (χ3v) is 7.52. The molecule has 3 aromatic rings. The molecule has 5 rings (SSSR count). The summed E-state index contributed by atoms with van der Waals surface area (Å²) in [4.78, 5) is 14.7. The summed E-state index contributed by atoms with van der Waals surface area (Å²) in [7, 11) is 2.20. The van der Waals surface area contributed by atoms with Crippen LogP contribution in [0.4, 0.5) is 9.39 Å². The van der Waals surface area contributed by atoms with E-state index in [1.54, 1.807) is 23.5 Å². The van der Waals surface area contributed by atoms with Crippen LogP contribution in [0.2, 0.25) is 0 Å². The third kappa shape index (κ3) is 5.38. The zero-order valence-corrected chi connectivity index (χ0v) is 21.8. The quantitative estimate of drug-likeness (QED) is 0.555. The number of anilines is 1. The van der Waals surface area contributed by atoms with Crippen molar-refractivity contribution < 1.29 is 4.39 Å². The predicted molar refractivity (Wildman–Crippen MR) is 143 cm³/mol. The maximum atomic E-state index is 13.3. The van der Waals surface area contributed by atoms with Crippen LogP contribution < -0.4 is 15.9 Å². The molecule has 182 valence electrons. The standard InChI is InChI=1S/C25H28FN5S.2ClH/c1-3-21-29-23-24(22-18(5-4-12-27-22)15-28-25(23)32-21)31-14-13-30(2)20(16-31)11-8-17-6-9-19(26)10-7-17;;/h4-7,9-10,12,15,20,28H,3,8,11,13-14,16H2,1-2H3;2*1H. The Morgan fingerprint density at radius 2 is 1.94 bits per heavy atom. The number of likely N-dealkylation sites (N-methyl/N-ethyl adjacent to an activating group) is 1. The Balaban J connectivity index is 0.00000162. The minimum Gasteiger partial charge on any atom is -0.365 e. The van der Waals surface area contributed by atoms with Gasteiger partial charge in [-0.05, 0) is 56.1 Å². The second kappa shape index (κ2) is 11.5. The Bertz CT molecular complexity index is 1230. The summed E-state index contributed by atoms with van der Waals surface area (Å²) in [5.74, 6) is -0.179. The number of thiazole rings is 1. The highest BCUT2D eigenvalue weighted by Gasteiger charge is 2.29. The van der Waals surface area contributed by atoms with Crippen LogP contribution in [0, 0.1) is 5.82 Å². The number of rotatable bonds is 5. The maximum absolute atomic E-state index is 13.3. The van der Waals surface area contributed by atoms with Gasteiger partial charge in [0.05, 0.1) is 16.1 Å². The van der Waals surface area contributed by atoms with Gasteiger partial charge in [-0.15, -0.1) is 36.2 Å². The van der Waals surface area contributed by atoms with Gasteiger partial charge in [-0.2, -0.15) is 0 Å². The molecule has 9 heteroatoms. The summed E-state index contributed by atoms with van der Waals surface area (Å²) in [5.41, 5.74) is 3.33. The lowest BCUT2D eigenvalue weighted by Crippen LogP contribution is -2.52. The van der Waals surface area contributed by atoms with E-state index in [1.807, 2.05) is 30.6 Å². The van der Waals surface area contributed by atoms with Crippen molar-refractivity contribution in [2.24, 2.45) is 0 Å². The van der Waals surface area contributed by atoms with Gasteiger partial charge < -0.3 is 10.2 Å². The van der Waals surface area contributed by atoms with Crippen molar-refractivity contribution in [3.63, 3.8) is 0 Å². The molecule has 0 bridgehead atoms. The van der Waals surface area contributed by atoms with E-state index in [2.05, 4.69) is 35.2 Å².